The van der Waals surface area contributed by atoms with Crippen molar-refractivity contribution in [3.63, 3.8) is 0 Å². The average Bonchev–Trinajstić information content (AvgIpc) is 2.21. The van der Waals surface area contributed by atoms with Gasteiger partial charge >= 0.3 is 0 Å². The van der Waals surface area contributed by atoms with Gasteiger partial charge in [-0.25, -0.2) is 0 Å². The molecule has 3 N–H and O–H groups in total. The maximum absolute atomic E-state index is 11.8. The molecule has 1 aromatic rings. The molecular weight excluding hydrogens is 256 g/mol. The molecule has 0 amide bonds. The number of ketones is 1. The van der Waals surface area contributed by atoms with Crippen LogP contribution in [0.2, 0.25) is 0 Å². The van der Waals surface area contributed by atoms with E-state index in [9.17, 15) is 4.79 Å². The second-order valence-corrected chi connectivity index (χ2v) is 4.46. The van der Waals surface area contributed by atoms with Gasteiger partial charge in [0.2, 0.25) is 0 Å². The first-order valence-electron chi connectivity index (χ1n) is 4.80. The van der Waals surface area contributed by atoms with Crippen LogP contribution < -0.4 is 11.1 Å². The predicted octanol–water partition coefficient (Wildman–Crippen LogP) is 2.21. The highest BCUT2D eigenvalue weighted by atomic mass is 79.9. The molecule has 0 radical (unpaired) electrons. The number of carbonyl (C=O) groups excluding carboxylic acids is 1. The van der Waals surface area contributed by atoms with Crippen LogP contribution in [0, 0.1) is 0 Å². The molecule has 0 aromatic heterocycles. The van der Waals surface area contributed by atoms with Gasteiger partial charge in [-0.05, 0) is 32.2 Å². The van der Waals surface area contributed by atoms with Crippen LogP contribution in [0.25, 0.3) is 0 Å². The molecule has 0 spiro atoms. The Balaban J connectivity index is 2.86. The summed E-state index contributed by atoms with van der Waals surface area (Å²) in [6, 6.07) is 5.49. The first-order valence-corrected chi connectivity index (χ1v) is 5.59. The van der Waals surface area contributed by atoms with Crippen LogP contribution in [0.15, 0.2) is 22.7 Å². The molecule has 15 heavy (non-hydrogen) atoms. The van der Waals surface area contributed by atoms with E-state index in [2.05, 4.69) is 21.2 Å². The third kappa shape index (κ3) is 3.32. The van der Waals surface area contributed by atoms with Gasteiger partial charge in [0.05, 0.1) is 0 Å². The molecule has 0 bridgehead atoms. The van der Waals surface area contributed by atoms with E-state index in [1.54, 1.807) is 12.1 Å². The number of rotatable bonds is 4. The fourth-order valence-corrected chi connectivity index (χ4v) is 1.62. The van der Waals surface area contributed by atoms with Gasteiger partial charge in [0.25, 0.3) is 0 Å². The SMILES string of the molecule is CNC(C)CC(=O)c1cc(Br)ccc1N. The van der Waals surface area contributed by atoms with Crippen molar-refractivity contribution in [1.29, 1.82) is 0 Å². The lowest BCUT2D eigenvalue weighted by Gasteiger charge is -2.10. The number of nitrogens with two attached hydrogens (primary N) is 1. The Morgan fingerprint density at radius 3 is 2.87 bits per heavy atom. The number of nitrogens with one attached hydrogen (secondary N) is 1. The minimum atomic E-state index is 0.0654. The monoisotopic (exact) mass is 270 g/mol. The van der Waals surface area contributed by atoms with Crippen LogP contribution in [0.1, 0.15) is 23.7 Å². The first kappa shape index (κ1) is 12.2. The zero-order chi connectivity index (χ0) is 11.4. The topological polar surface area (TPSA) is 55.1 Å². The maximum atomic E-state index is 11.8. The molecule has 0 saturated carbocycles. The van der Waals surface area contributed by atoms with Gasteiger partial charge in [-0.3, -0.25) is 4.79 Å². The Kier molecular flexibility index (Phi) is 4.29. The van der Waals surface area contributed by atoms with E-state index in [-0.39, 0.29) is 11.8 Å². The Morgan fingerprint density at radius 2 is 2.27 bits per heavy atom. The van der Waals surface area contributed by atoms with Crippen LogP contribution in [0.5, 0.6) is 0 Å². The molecule has 4 heteroatoms. The normalized spacial score (nSPS) is 12.5. The van der Waals surface area contributed by atoms with Crippen molar-refractivity contribution in [3.8, 4) is 0 Å². The van der Waals surface area contributed by atoms with Crippen LogP contribution in [-0.2, 0) is 0 Å². The van der Waals surface area contributed by atoms with Gasteiger partial charge in [0.15, 0.2) is 5.78 Å². The van der Waals surface area contributed by atoms with Crippen LogP contribution in [0.4, 0.5) is 5.69 Å². The molecular formula is C11H15BrN2O. The summed E-state index contributed by atoms with van der Waals surface area (Å²) in [4.78, 5) is 11.8. The molecule has 1 rings (SSSR count). The molecule has 0 saturated heterocycles. The van der Waals surface area contributed by atoms with Crippen molar-refractivity contribution < 1.29 is 4.79 Å². The molecule has 82 valence electrons. The number of halogens is 1. The van der Waals surface area contributed by atoms with Crippen molar-refractivity contribution >= 4 is 27.4 Å². The van der Waals surface area contributed by atoms with Gasteiger partial charge in [-0.2, -0.15) is 0 Å². The molecule has 1 aromatic carbocycles. The van der Waals surface area contributed by atoms with E-state index in [4.69, 9.17) is 5.73 Å². The lowest BCUT2D eigenvalue weighted by molar-refractivity contribution is 0.0973. The molecule has 3 nitrogen and oxygen atoms in total. The Bertz CT molecular complexity index is 366. The Morgan fingerprint density at radius 1 is 1.60 bits per heavy atom. The standard InChI is InChI=1S/C11H15BrN2O/c1-7(14-2)5-11(15)9-6-8(12)3-4-10(9)13/h3-4,6-7,14H,5,13H2,1-2H3. The van der Waals surface area contributed by atoms with Gasteiger partial charge < -0.3 is 11.1 Å². The van der Waals surface area contributed by atoms with E-state index in [0.717, 1.165) is 4.47 Å². The number of Topliss-reactive ketones (excluding diaryl/α,β-unsaturated/α-hetero) is 1. The predicted molar refractivity (Wildman–Crippen MR) is 66.0 cm³/mol. The summed E-state index contributed by atoms with van der Waals surface area (Å²) < 4.78 is 0.872. The van der Waals surface area contributed by atoms with Crippen LogP contribution in [0.3, 0.4) is 0 Å². The number of hydrogen-bond acceptors (Lipinski definition) is 3. The zero-order valence-electron chi connectivity index (χ0n) is 8.88. The number of anilines is 1. The van der Waals surface area contributed by atoms with E-state index in [0.29, 0.717) is 17.7 Å². The summed E-state index contributed by atoms with van der Waals surface area (Å²) in [5.74, 6) is 0.0654. The van der Waals surface area contributed by atoms with Crippen LogP contribution >= 0.6 is 15.9 Å². The number of hydrogen-bond donors (Lipinski definition) is 2. The first-order chi connectivity index (χ1) is 7.04. The Hall–Kier alpha value is -0.870. The number of carbonyl (C=O) groups is 1. The molecule has 0 aliphatic rings. The van der Waals surface area contributed by atoms with Gasteiger partial charge in [-0.15, -0.1) is 0 Å². The van der Waals surface area contributed by atoms with Gasteiger partial charge in [0, 0.05) is 28.2 Å². The number of nitrogen functional groups attached to an aromatic ring is 1. The van der Waals surface area contributed by atoms with E-state index >= 15 is 0 Å². The van der Waals surface area contributed by atoms with Crippen molar-refractivity contribution in [2.24, 2.45) is 0 Å². The molecule has 0 aliphatic carbocycles. The van der Waals surface area contributed by atoms with Crippen molar-refractivity contribution in [2.75, 3.05) is 12.8 Å². The fourth-order valence-electron chi connectivity index (χ4n) is 1.26. The van der Waals surface area contributed by atoms with Crippen molar-refractivity contribution in [2.45, 2.75) is 19.4 Å². The minimum Gasteiger partial charge on any atom is -0.398 e. The van der Waals surface area contributed by atoms with Gasteiger partial charge in [-0.1, -0.05) is 15.9 Å². The summed E-state index contributed by atoms with van der Waals surface area (Å²) in [5, 5.41) is 3.03. The zero-order valence-corrected chi connectivity index (χ0v) is 10.5. The van der Waals surface area contributed by atoms with E-state index < -0.39 is 0 Å². The molecule has 0 fully saturated rings. The quantitative estimate of drug-likeness (QED) is 0.652. The lowest BCUT2D eigenvalue weighted by atomic mass is 10.0. The molecule has 1 atom stereocenters. The highest BCUT2D eigenvalue weighted by molar-refractivity contribution is 9.10. The summed E-state index contributed by atoms with van der Waals surface area (Å²) in [5.41, 5.74) is 6.87. The van der Waals surface area contributed by atoms with Crippen molar-refractivity contribution in [1.82, 2.24) is 5.32 Å². The number of benzene rings is 1. The average molecular weight is 271 g/mol. The highest BCUT2D eigenvalue weighted by Gasteiger charge is 2.12. The van der Waals surface area contributed by atoms with Crippen molar-refractivity contribution in [3.05, 3.63) is 28.2 Å². The molecule has 1 unspecified atom stereocenters. The third-order valence-corrected chi connectivity index (χ3v) is 2.79. The molecule has 0 heterocycles. The summed E-state index contributed by atoms with van der Waals surface area (Å²) >= 11 is 3.32. The fraction of sp³-hybridized carbons (Fsp3) is 0.364. The third-order valence-electron chi connectivity index (χ3n) is 2.30. The minimum absolute atomic E-state index is 0.0654. The maximum Gasteiger partial charge on any atom is 0.166 e. The lowest BCUT2D eigenvalue weighted by Crippen LogP contribution is -2.24. The second kappa shape index (κ2) is 5.28. The summed E-state index contributed by atoms with van der Waals surface area (Å²) in [7, 11) is 1.84. The highest BCUT2D eigenvalue weighted by Crippen LogP contribution is 2.20. The smallest absolute Gasteiger partial charge is 0.166 e. The second-order valence-electron chi connectivity index (χ2n) is 3.55. The molecule has 0 aliphatic heterocycles. The van der Waals surface area contributed by atoms with E-state index in [1.807, 2.05) is 20.0 Å². The largest absolute Gasteiger partial charge is 0.398 e. The van der Waals surface area contributed by atoms with E-state index in [1.165, 1.54) is 0 Å². The van der Waals surface area contributed by atoms with Gasteiger partial charge in [0.1, 0.15) is 0 Å². The Labute approximate surface area is 98.2 Å². The summed E-state index contributed by atoms with van der Waals surface area (Å²) in [6.45, 7) is 1.96. The van der Waals surface area contributed by atoms with Crippen LogP contribution in [-0.4, -0.2) is 18.9 Å². The summed E-state index contributed by atoms with van der Waals surface area (Å²) in [6.07, 6.45) is 0.456.